The Hall–Kier alpha value is -2.53. The molecule has 21 heavy (non-hydrogen) atoms. The highest BCUT2D eigenvalue weighted by Gasteiger charge is 2.08. The van der Waals surface area contributed by atoms with E-state index in [1.165, 1.54) is 5.56 Å². The van der Waals surface area contributed by atoms with Crippen LogP contribution in [0.1, 0.15) is 11.4 Å². The van der Waals surface area contributed by atoms with Crippen LogP contribution in [0.15, 0.2) is 54.0 Å². The third-order valence-electron chi connectivity index (χ3n) is 3.34. The molecule has 0 unspecified atom stereocenters. The Labute approximate surface area is 125 Å². The van der Waals surface area contributed by atoms with E-state index < -0.39 is 0 Å². The van der Waals surface area contributed by atoms with Gasteiger partial charge < -0.3 is 0 Å². The number of H-pyrrole nitrogens is 1. The molecule has 2 aromatic heterocycles. The van der Waals surface area contributed by atoms with Gasteiger partial charge in [-0.15, -0.1) is 11.3 Å². The highest BCUT2D eigenvalue weighted by Crippen LogP contribution is 2.24. The fourth-order valence-corrected chi connectivity index (χ4v) is 3.00. The van der Waals surface area contributed by atoms with Gasteiger partial charge in [0.2, 0.25) is 0 Å². The highest BCUT2D eigenvalue weighted by atomic mass is 32.1. The van der Waals surface area contributed by atoms with Crippen LogP contribution >= 0.6 is 11.3 Å². The van der Waals surface area contributed by atoms with Gasteiger partial charge in [-0.05, 0) is 23.8 Å². The van der Waals surface area contributed by atoms with Gasteiger partial charge in [-0.2, -0.15) is 5.10 Å². The number of rotatable bonds is 3. The van der Waals surface area contributed by atoms with Gasteiger partial charge in [-0.25, -0.2) is 9.97 Å². The van der Waals surface area contributed by atoms with Crippen molar-refractivity contribution in [2.45, 2.75) is 6.42 Å². The highest BCUT2D eigenvalue weighted by molar-refractivity contribution is 7.16. The lowest BCUT2D eigenvalue weighted by Gasteiger charge is -1.96. The summed E-state index contributed by atoms with van der Waals surface area (Å²) in [7, 11) is 0. The van der Waals surface area contributed by atoms with E-state index in [2.05, 4.69) is 38.4 Å². The van der Waals surface area contributed by atoms with Crippen molar-refractivity contribution in [3.8, 4) is 11.4 Å². The van der Waals surface area contributed by atoms with Crippen molar-refractivity contribution in [1.29, 1.82) is 0 Å². The number of aromatic amines is 1. The molecule has 1 N–H and O–H groups in total. The molecule has 0 radical (unpaired) electrons. The van der Waals surface area contributed by atoms with Crippen molar-refractivity contribution < 1.29 is 0 Å². The average molecular weight is 292 g/mol. The fourth-order valence-electron chi connectivity index (χ4n) is 2.29. The number of hydrogen-bond acceptors (Lipinski definition) is 4. The van der Waals surface area contributed by atoms with Crippen LogP contribution in [-0.4, -0.2) is 20.2 Å². The summed E-state index contributed by atoms with van der Waals surface area (Å²) in [5, 5.41) is 7.34. The zero-order valence-electron chi connectivity index (χ0n) is 11.2. The number of thiazole rings is 1. The number of hydrogen-bond donors (Lipinski definition) is 1. The van der Waals surface area contributed by atoms with Crippen molar-refractivity contribution in [3.63, 3.8) is 0 Å². The lowest BCUT2D eigenvalue weighted by Crippen LogP contribution is -1.90. The Morgan fingerprint density at radius 2 is 1.95 bits per heavy atom. The first-order valence-corrected chi connectivity index (χ1v) is 7.55. The quantitative estimate of drug-likeness (QED) is 0.627. The summed E-state index contributed by atoms with van der Waals surface area (Å²) in [6.45, 7) is 0. The predicted octanol–water partition coefficient (Wildman–Crippen LogP) is 3.67. The average Bonchev–Trinajstić information content (AvgIpc) is 3.16. The van der Waals surface area contributed by atoms with Crippen LogP contribution in [0, 0.1) is 0 Å². The van der Waals surface area contributed by atoms with E-state index in [0.29, 0.717) is 0 Å². The van der Waals surface area contributed by atoms with Gasteiger partial charge in [0.05, 0.1) is 15.7 Å². The summed E-state index contributed by atoms with van der Waals surface area (Å²) in [6.07, 6.45) is 0.761. The van der Waals surface area contributed by atoms with E-state index in [1.54, 1.807) is 11.3 Å². The lowest BCUT2D eigenvalue weighted by atomic mass is 10.1. The molecular weight excluding hydrogens is 280 g/mol. The Kier molecular flexibility index (Phi) is 2.97. The van der Waals surface area contributed by atoms with Gasteiger partial charge in [0, 0.05) is 12.0 Å². The van der Waals surface area contributed by atoms with Gasteiger partial charge in [-0.3, -0.25) is 5.10 Å². The van der Waals surface area contributed by atoms with Crippen LogP contribution in [0.25, 0.3) is 21.6 Å². The zero-order chi connectivity index (χ0) is 14.1. The van der Waals surface area contributed by atoms with Crippen LogP contribution in [0.4, 0.5) is 0 Å². The summed E-state index contributed by atoms with van der Waals surface area (Å²) < 4.78 is 1.15. The second kappa shape index (κ2) is 5.10. The molecular formula is C16H12N4S. The molecule has 0 atom stereocenters. The first-order chi connectivity index (χ1) is 10.4. The molecule has 0 saturated heterocycles. The molecule has 5 heteroatoms. The largest absolute Gasteiger partial charge is 0.262 e. The van der Waals surface area contributed by atoms with Crippen molar-refractivity contribution in [2.24, 2.45) is 0 Å². The molecule has 0 fully saturated rings. The van der Waals surface area contributed by atoms with Gasteiger partial charge in [0.15, 0.2) is 5.82 Å². The van der Waals surface area contributed by atoms with E-state index in [4.69, 9.17) is 0 Å². The number of aromatic nitrogens is 4. The molecule has 0 amide bonds. The minimum Gasteiger partial charge on any atom is -0.262 e. The van der Waals surface area contributed by atoms with E-state index in [1.807, 2.05) is 35.8 Å². The maximum atomic E-state index is 4.58. The van der Waals surface area contributed by atoms with Crippen LogP contribution in [0.5, 0.6) is 0 Å². The monoisotopic (exact) mass is 292 g/mol. The first-order valence-electron chi connectivity index (χ1n) is 6.67. The molecule has 4 rings (SSSR count). The summed E-state index contributed by atoms with van der Waals surface area (Å²) in [5.74, 6) is 1.61. The number of nitrogens with zero attached hydrogens (tertiary/aromatic N) is 3. The van der Waals surface area contributed by atoms with Crippen LogP contribution < -0.4 is 0 Å². The second-order valence-electron chi connectivity index (χ2n) is 4.80. The number of fused-ring (bicyclic) bond motifs is 1. The van der Waals surface area contributed by atoms with Crippen LogP contribution in [-0.2, 0) is 6.42 Å². The molecule has 4 aromatic rings. The molecule has 2 aromatic carbocycles. The van der Waals surface area contributed by atoms with E-state index in [9.17, 15) is 0 Å². The smallest absolute Gasteiger partial charge is 0.181 e. The van der Waals surface area contributed by atoms with E-state index >= 15 is 0 Å². The predicted molar refractivity (Wildman–Crippen MR) is 84.2 cm³/mol. The third kappa shape index (κ3) is 2.43. The Balaban J connectivity index is 1.64. The standard InChI is InChI=1S/C16H12N4S/c1-2-4-11(5-3-1)8-15-18-16(20-19-15)12-6-7-13-14(9-12)21-10-17-13/h1-7,9-10H,8H2,(H,18,19,20). The third-order valence-corrected chi connectivity index (χ3v) is 4.13. The topological polar surface area (TPSA) is 54.5 Å². The molecule has 4 nitrogen and oxygen atoms in total. The minimum atomic E-state index is 0.733. The minimum absolute atomic E-state index is 0.733. The summed E-state index contributed by atoms with van der Waals surface area (Å²) in [5.41, 5.74) is 5.11. The molecule has 102 valence electrons. The normalized spacial score (nSPS) is 11.0. The zero-order valence-corrected chi connectivity index (χ0v) is 12.0. The Morgan fingerprint density at radius 1 is 1.05 bits per heavy atom. The maximum absolute atomic E-state index is 4.58. The molecule has 0 aliphatic heterocycles. The fraction of sp³-hybridized carbons (Fsp3) is 0.0625. The molecule has 2 heterocycles. The Morgan fingerprint density at radius 3 is 2.86 bits per heavy atom. The second-order valence-corrected chi connectivity index (χ2v) is 5.69. The van der Waals surface area contributed by atoms with Gasteiger partial charge in [-0.1, -0.05) is 30.3 Å². The molecule has 0 aliphatic rings. The SMILES string of the molecule is c1ccc(Cc2nc(-c3ccc4ncsc4c3)n[nH]2)cc1. The molecule has 0 spiro atoms. The number of nitrogens with one attached hydrogen (secondary N) is 1. The first kappa shape index (κ1) is 12.2. The summed E-state index contributed by atoms with van der Waals surface area (Å²) >= 11 is 1.63. The van der Waals surface area contributed by atoms with Gasteiger partial charge in [0.25, 0.3) is 0 Å². The summed E-state index contributed by atoms with van der Waals surface area (Å²) in [6, 6.07) is 16.4. The van der Waals surface area contributed by atoms with Gasteiger partial charge in [0.1, 0.15) is 5.82 Å². The van der Waals surface area contributed by atoms with Crippen molar-refractivity contribution in [3.05, 3.63) is 65.4 Å². The van der Waals surface area contributed by atoms with E-state index in [-0.39, 0.29) is 0 Å². The van der Waals surface area contributed by atoms with Crippen LogP contribution in [0.3, 0.4) is 0 Å². The van der Waals surface area contributed by atoms with Crippen LogP contribution in [0.2, 0.25) is 0 Å². The van der Waals surface area contributed by atoms with Crippen molar-refractivity contribution >= 4 is 21.6 Å². The number of benzene rings is 2. The maximum Gasteiger partial charge on any atom is 0.181 e. The van der Waals surface area contributed by atoms with Gasteiger partial charge >= 0.3 is 0 Å². The molecule has 0 saturated carbocycles. The van der Waals surface area contributed by atoms with Crippen molar-refractivity contribution in [1.82, 2.24) is 20.2 Å². The summed E-state index contributed by atoms with van der Waals surface area (Å²) in [4.78, 5) is 8.87. The molecule has 0 aliphatic carbocycles. The Bertz CT molecular complexity index is 879. The molecule has 0 bridgehead atoms. The lowest BCUT2D eigenvalue weighted by molar-refractivity contribution is 0.973. The van der Waals surface area contributed by atoms with E-state index in [0.717, 1.165) is 33.8 Å². The van der Waals surface area contributed by atoms with Crippen molar-refractivity contribution in [2.75, 3.05) is 0 Å².